The van der Waals surface area contributed by atoms with Crippen molar-refractivity contribution in [1.29, 1.82) is 0 Å². The van der Waals surface area contributed by atoms with Crippen LogP contribution in [0.25, 0.3) is 0 Å². The highest BCUT2D eigenvalue weighted by Gasteiger charge is 2.35. The van der Waals surface area contributed by atoms with E-state index in [0.717, 1.165) is 6.42 Å². The number of hydrogen-bond acceptors (Lipinski definition) is 3. The number of thiol groups is 3. The van der Waals surface area contributed by atoms with Crippen molar-refractivity contribution in [3.05, 3.63) is 0 Å². The highest BCUT2D eigenvalue weighted by atomic mass is 32.2. The molecule has 0 fully saturated rings. The van der Waals surface area contributed by atoms with Crippen molar-refractivity contribution in [2.24, 2.45) is 0 Å². The molecule has 0 rings (SSSR count). The van der Waals surface area contributed by atoms with E-state index in [9.17, 15) is 0 Å². The van der Waals surface area contributed by atoms with E-state index in [0.29, 0.717) is 0 Å². The first kappa shape index (κ1) is 13.1. The van der Waals surface area contributed by atoms with Gasteiger partial charge in [0.2, 0.25) is 0 Å². The fourth-order valence-electron chi connectivity index (χ4n) is 0.956. The van der Waals surface area contributed by atoms with Gasteiger partial charge >= 0.3 is 0 Å². The van der Waals surface area contributed by atoms with Crippen molar-refractivity contribution >= 4 is 37.9 Å². The van der Waals surface area contributed by atoms with E-state index in [4.69, 9.17) is 0 Å². The topological polar surface area (TPSA) is 0 Å². The zero-order valence-corrected chi connectivity index (χ0v) is 10.9. The molecule has 0 bridgehead atoms. The molecule has 0 aromatic rings. The maximum Gasteiger partial charge on any atom is 0.0664 e. The van der Waals surface area contributed by atoms with Gasteiger partial charge in [-0.15, -0.1) is 0 Å². The van der Waals surface area contributed by atoms with Crippen molar-refractivity contribution in [1.82, 2.24) is 0 Å². The Balaban J connectivity index is 3.88. The average molecular weight is 224 g/mol. The van der Waals surface area contributed by atoms with Crippen LogP contribution in [0.5, 0.6) is 0 Å². The van der Waals surface area contributed by atoms with Crippen LogP contribution in [0, 0.1) is 0 Å². The second kappa shape index (κ2) is 5.06. The van der Waals surface area contributed by atoms with Gasteiger partial charge < -0.3 is 0 Å². The molecular weight excluding hydrogens is 204 g/mol. The third-order valence-electron chi connectivity index (χ3n) is 2.29. The summed E-state index contributed by atoms with van der Waals surface area (Å²) in [6, 6.07) is 0. The minimum absolute atomic E-state index is 0.0889. The second-order valence-electron chi connectivity index (χ2n) is 3.75. The molecule has 0 aliphatic rings. The lowest BCUT2D eigenvalue weighted by Crippen LogP contribution is -2.36. The molecular formula is C9H20S3. The Morgan fingerprint density at radius 2 is 1.50 bits per heavy atom. The summed E-state index contributed by atoms with van der Waals surface area (Å²) in [5.41, 5.74) is 0. The van der Waals surface area contributed by atoms with Crippen LogP contribution in [-0.2, 0) is 0 Å². The Hall–Kier alpha value is 1.05. The fourth-order valence-corrected chi connectivity index (χ4v) is 1.34. The summed E-state index contributed by atoms with van der Waals surface area (Å²) in [7, 11) is 0. The molecule has 0 nitrogen and oxygen atoms in total. The second-order valence-corrected chi connectivity index (χ2v) is 6.88. The lowest BCUT2D eigenvalue weighted by atomic mass is 9.99. The third-order valence-corrected chi connectivity index (χ3v) is 4.30. The highest BCUT2D eigenvalue weighted by molar-refractivity contribution is 8.02. The fraction of sp³-hybridized carbons (Fsp3) is 1.00. The van der Waals surface area contributed by atoms with Gasteiger partial charge in [-0.3, -0.25) is 0 Å². The monoisotopic (exact) mass is 224 g/mol. The van der Waals surface area contributed by atoms with Gasteiger partial charge in [-0.2, -0.15) is 37.9 Å². The lowest BCUT2D eigenvalue weighted by molar-refractivity contribution is 0.522. The van der Waals surface area contributed by atoms with Crippen molar-refractivity contribution in [2.45, 2.75) is 55.3 Å². The standard InChI is InChI=1S/C9H20S3/c1-4-5-6-7-8(2,10)9(3,11)12/h10-12H,4-7H2,1-3H3. The molecule has 0 aliphatic carbocycles. The first-order chi connectivity index (χ1) is 5.31. The maximum atomic E-state index is 4.59. The Labute approximate surface area is 93.1 Å². The summed E-state index contributed by atoms with van der Waals surface area (Å²) in [5.74, 6) is 0. The smallest absolute Gasteiger partial charge is 0.0664 e. The number of hydrogen-bond donors (Lipinski definition) is 3. The van der Waals surface area contributed by atoms with Crippen LogP contribution in [0.1, 0.15) is 46.5 Å². The van der Waals surface area contributed by atoms with Gasteiger partial charge in [-0.1, -0.05) is 26.2 Å². The molecule has 74 valence electrons. The van der Waals surface area contributed by atoms with Crippen LogP contribution in [-0.4, -0.2) is 8.83 Å². The van der Waals surface area contributed by atoms with Gasteiger partial charge in [0.1, 0.15) is 0 Å². The van der Waals surface area contributed by atoms with Crippen molar-refractivity contribution in [2.75, 3.05) is 0 Å². The zero-order valence-electron chi connectivity index (χ0n) is 8.17. The quantitative estimate of drug-likeness (QED) is 0.353. The molecule has 12 heavy (non-hydrogen) atoms. The summed E-state index contributed by atoms with van der Waals surface area (Å²) in [5, 5.41) is 0. The van der Waals surface area contributed by atoms with Crippen LogP contribution in [0.4, 0.5) is 0 Å². The Morgan fingerprint density at radius 3 is 1.83 bits per heavy atom. The van der Waals surface area contributed by atoms with E-state index in [1.165, 1.54) is 19.3 Å². The minimum Gasteiger partial charge on any atom is -0.170 e. The van der Waals surface area contributed by atoms with Gasteiger partial charge in [0.05, 0.1) is 4.08 Å². The van der Waals surface area contributed by atoms with Gasteiger partial charge in [0.15, 0.2) is 0 Å². The predicted octanol–water partition coefficient (Wildman–Crippen LogP) is 3.83. The molecule has 0 heterocycles. The minimum atomic E-state index is -0.302. The largest absolute Gasteiger partial charge is 0.170 e. The van der Waals surface area contributed by atoms with Crippen molar-refractivity contribution < 1.29 is 0 Å². The van der Waals surface area contributed by atoms with Crippen LogP contribution >= 0.6 is 37.9 Å². The van der Waals surface area contributed by atoms with Crippen LogP contribution in [0.15, 0.2) is 0 Å². The molecule has 0 aromatic heterocycles. The normalized spacial score (nSPS) is 17.5. The third kappa shape index (κ3) is 4.33. The highest BCUT2D eigenvalue weighted by Crippen LogP contribution is 2.40. The summed E-state index contributed by atoms with van der Waals surface area (Å²) in [6.45, 7) is 6.31. The maximum absolute atomic E-state index is 4.59. The van der Waals surface area contributed by atoms with Gasteiger partial charge in [-0.05, 0) is 20.3 Å². The molecule has 0 radical (unpaired) electrons. The molecule has 0 amide bonds. The molecule has 0 spiro atoms. The first-order valence-corrected chi connectivity index (χ1v) is 5.82. The molecule has 0 N–H and O–H groups in total. The molecule has 0 saturated carbocycles. The summed E-state index contributed by atoms with van der Waals surface area (Å²) >= 11 is 13.4. The van der Waals surface area contributed by atoms with E-state index in [-0.39, 0.29) is 8.83 Å². The van der Waals surface area contributed by atoms with E-state index < -0.39 is 0 Å². The summed E-state index contributed by atoms with van der Waals surface area (Å²) in [4.78, 5) is 0. The SMILES string of the molecule is CCCCCC(C)(S)C(C)(S)S. The molecule has 1 atom stereocenters. The Kier molecular flexibility index (Phi) is 5.50. The van der Waals surface area contributed by atoms with Crippen LogP contribution in [0.3, 0.4) is 0 Å². The van der Waals surface area contributed by atoms with Gasteiger partial charge in [0, 0.05) is 4.75 Å². The van der Waals surface area contributed by atoms with Crippen molar-refractivity contribution in [3.8, 4) is 0 Å². The molecule has 0 aliphatic heterocycles. The van der Waals surface area contributed by atoms with E-state index in [2.05, 4.69) is 51.7 Å². The lowest BCUT2D eigenvalue weighted by Gasteiger charge is -2.36. The molecule has 0 aromatic carbocycles. The predicted molar refractivity (Wildman–Crippen MR) is 67.9 cm³/mol. The molecule has 0 saturated heterocycles. The average Bonchev–Trinajstić information content (AvgIpc) is 1.85. The first-order valence-electron chi connectivity index (χ1n) is 4.48. The summed E-state index contributed by atoms with van der Waals surface area (Å²) < 4.78 is -0.391. The van der Waals surface area contributed by atoms with E-state index in [1.807, 2.05) is 6.92 Å². The van der Waals surface area contributed by atoms with E-state index >= 15 is 0 Å². The molecule has 1 unspecified atom stereocenters. The molecule has 3 heteroatoms. The van der Waals surface area contributed by atoms with Gasteiger partial charge in [-0.25, -0.2) is 0 Å². The van der Waals surface area contributed by atoms with Crippen LogP contribution in [0.2, 0.25) is 0 Å². The van der Waals surface area contributed by atoms with Crippen LogP contribution < -0.4 is 0 Å². The number of rotatable bonds is 5. The Bertz CT molecular complexity index is 124. The van der Waals surface area contributed by atoms with E-state index in [1.54, 1.807) is 0 Å². The Morgan fingerprint density at radius 1 is 1.00 bits per heavy atom. The van der Waals surface area contributed by atoms with Gasteiger partial charge in [0.25, 0.3) is 0 Å². The number of unbranched alkanes of at least 4 members (excludes halogenated alkanes) is 2. The van der Waals surface area contributed by atoms with Crippen molar-refractivity contribution in [3.63, 3.8) is 0 Å². The zero-order chi connectivity index (χ0) is 9.83. The summed E-state index contributed by atoms with van der Waals surface area (Å²) in [6.07, 6.45) is 4.81.